The molecule has 1 aliphatic rings. The summed E-state index contributed by atoms with van der Waals surface area (Å²) < 4.78 is 5.34. The minimum atomic E-state index is -0.423. The number of unbranched alkanes of at least 4 members (excludes halogenated alkanes) is 2. The van der Waals surface area contributed by atoms with Crippen molar-refractivity contribution >= 4 is 17.9 Å². The predicted molar refractivity (Wildman–Crippen MR) is 95.6 cm³/mol. The van der Waals surface area contributed by atoms with Crippen LogP contribution in [-0.4, -0.2) is 42.3 Å². The molecule has 4 nitrogen and oxygen atoms in total. The Morgan fingerprint density at radius 2 is 1.91 bits per heavy atom. The Morgan fingerprint density at radius 3 is 2.59 bits per heavy atom. The van der Waals surface area contributed by atoms with Gasteiger partial charge in [-0.05, 0) is 77.8 Å². The average molecular weight is 331 g/mol. The van der Waals surface area contributed by atoms with Gasteiger partial charge >= 0.3 is 6.09 Å². The molecule has 1 rings (SSSR count). The van der Waals surface area contributed by atoms with Crippen LogP contribution in [0.4, 0.5) is 4.79 Å². The molecule has 0 bridgehead atoms. The van der Waals surface area contributed by atoms with E-state index in [9.17, 15) is 4.79 Å². The van der Waals surface area contributed by atoms with Crippen LogP contribution in [-0.2, 0) is 4.74 Å². The minimum absolute atomic E-state index is 0.248. The quantitative estimate of drug-likeness (QED) is 0.662. The average Bonchev–Trinajstić information content (AvgIpc) is 2.41. The molecule has 0 aromatic heterocycles. The van der Waals surface area contributed by atoms with Gasteiger partial charge in [0.1, 0.15) is 5.60 Å². The second kappa shape index (κ2) is 10.4. The van der Waals surface area contributed by atoms with Crippen molar-refractivity contribution in [1.29, 1.82) is 0 Å². The summed E-state index contributed by atoms with van der Waals surface area (Å²) in [6.07, 6.45) is 10.2. The number of nitrogens with one attached hydrogen (secondary N) is 2. The number of hydrogen-bond acceptors (Lipinski definition) is 4. The molecule has 2 N–H and O–H groups in total. The van der Waals surface area contributed by atoms with E-state index in [1.807, 2.05) is 32.5 Å². The van der Waals surface area contributed by atoms with E-state index in [-0.39, 0.29) is 12.1 Å². The van der Waals surface area contributed by atoms with Gasteiger partial charge in [0.05, 0.1) is 0 Å². The first kappa shape index (κ1) is 19.6. The van der Waals surface area contributed by atoms with Crippen molar-refractivity contribution in [1.82, 2.24) is 10.6 Å². The lowest BCUT2D eigenvalue weighted by atomic mass is 9.91. The van der Waals surface area contributed by atoms with Crippen LogP contribution in [0, 0.1) is 0 Å². The van der Waals surface area contributed by atoms with Crippen LogP contribution < -0.4 is 10.6 Å². The van der Waals surface area contributed by atoms with Crippen molar-refractivity contribution in [2.45, 2.75) is 83.4 Å². The van der Waals surface area contributed by atoms with Crippen LogP contribution in [0.15, 0.2) is 0 Å². The van der Waals surface area contributed by atoms with Crippen molar-refractivity contribution in [2.24, 2.45) is 0 Å². The summed E-state index contributed by atoms with van der Waals surface area (Å²) in [5.74, 6) is 1.27. The molecule has 1 amide bonds. The number of rotatable bonds is 8. The van der Waals surface area contributed by atoms with E-state index >= 15 is 0 Å². The number of carbonyl (C=O) groups excluding carboxylic acids is 1. The molecule has 1 saturated carbocycles. The Morgan fingerprint density at radius 1 is 1.18 bits per heavy atom. The lowest BCUT2D eigenvalue weighted by molar-refractivity contribution is 0.0488. The molecule has 22 heavy (non-hydrogen) atoms. The van der Waals surface area contributed by atoms with Crippen LogP contribution in [0.5, 0.6) is 0 Å². The van der Waals surface area contributed by atoms with Gasteiger partial charge in [0, 0.05) is 12.1 Å². The number of carbonyl (C=O) groups is 1. The Bertz CT molecular complexity index is 318. The summed E-state index contributed by atoms with van der Waals surface area (Å²) in [6, 6.07) is 0.784. The molecule has 0 aromatic rings. The SMILES string of the molecule is CSCCCCCNC1CCCC(NC(=O)OC(C)(C)C)C1. The Kier molecular flexibility index (Phi) is 9.25. The third-order valence-electron chi connectivity index (χ3n) is 3.85. The summed E-state index contributed by atoms with van der Waals surface area (Å²) in [5, 5.41) is 6.67. The van der Waals surface area contributed by atoms with Crippen LogP contribution in [0.2, 0.25) is 0 Å². The van der Waals surface area contributed by atoms with E-state index < -0.39 is 5.60 Å². The number of thioether (sulfide) groups is 1. The minimum Gasteiger partial charge on any atom is -0.444 e. The topological polar surface area (TPSA) is 50.4 Å². The van der Waals surface area contributed by atoms with Crippen LogP contribution >= 0.6 is 11.8 Å². The summed E-state index contributed by atoms with van der Waals surface area (Å²) in [7, 11) is 0. The second-order valence-corrected chi connectivity index (χ2v) is 8.20. The third kappa shape index (κ3) is 9.57. The monoisotopic (exact) mass is 330 g/mol. The fourth-order valence-electron chi connectivity index (χ4n) is 2.83. The Hall–Kier alpha value is -0.420. The van der Waals surface area contributed by atoms with Gasteiger partial charge in [-0.2, -0.15) is 11.8 Å². The highest BCUT2D eigenvalue weighted by Gasteiger charge is 2.25. The van der Waals surface area contributed by atoms with Gasteiger partial charge in [-0.1, -0.05) is 6.42 Å². The molecular formula is C17H34N2O2S. The second-order valence-electron chi connectivity index (χ2n) is 7.21. The molecule has 1 aliphatic carbocycles. The van der Waals surface area contributed by atoms with Crippen molar-refractivity contribution in [2.75, 3.05) is 18.6 Å². The van der Waals surface area contributed by atoms with Gasteiger partial charge in [-0.3, -0.25) is 0 Å². The number of alkyl carbamates (subject to hydrolysis) is 1. The normalized spacial score (nSPS) is 22.4. The lowest BCUT2D eigenvalue weighted by Gasteiger charge is -2.31. The first-order valence-electron chi connectivity index (χ1n) is 8.62. The van der Waals surface area contributed by atoms with Gasteiger partial charge in [-0.15, -0.1) is 0 Å². The molecular weight excluding hydrogens is 296 g/mol. The van der Waals surface area contributed by atoms with Crippen LogP contribution in [0.1, 0.15) is 65.7 Å². The van der Waals surface area contributed by atoms with Crippen LogP contribution in [0.25, 0.3) is 0 Å². The number of amides is 1. The summed E-state index contributed by atoms with van der Waals surface area (Å²) in [6.45, 7) is 6.79. The van der Waals surface area contributed by atoms with E-state index in [2.05, 4.69) is 16.9 Å². The molecule has 0 radical (unpaired) electrons. The number of ether oxygens (including phenoxy) is 1. The van der Waals surface area contributed by atoms with E-state index in [4.69, 9.17) is 4.74 Å². The third-order valence-corrected chi connectivity index (χ3v) is 4.55. The molecule has 1 fully saturated rings. The molecule has 5 heteroatoms. The fraction of sp³-hybridized carbons (Fsp3) is 0.941. The van der Waals surface area contributed by atoms with Gasteiger partial charge in [0.15, 0.2) is 0 Å². The van der Waals surface area contributed by atoms with Gasteiger partial charge in [-0.25, -0.2) is 4.79 Å². The first-order chi connectivity index (χ1) is 10.4. The van der Waals surface area contributed by atoms with E-state index in [1.165, 1.54) is 37.9 Å². The molecule has 0 spiro atoms. The van der Waals surface area contributed by atoms with E-state index in [1.54, 1.807) is 0 Å². The molecule has 0 aliphatic heterocycles. The van der Waals surface area contributed by atoms with E-state index in [0.29, 0.717) is 6.04 Å². The maximum Gasteiger partial charge on any atom is 0.407 e. The summed E-state index contributed by atoms with van der Waals surface area (Å²) >= 11 is 1.92. The summed E-state index contributed by atoms with van der Waals surface area (Å²) in [5.41, 5.74) is -0.423. The molecule has 0 aromatic carbocycles. The predicted octanol–water partition coefficient (Wildman–Crippen LogP) is 3.95. The first-order valence-corrected chi connectivity index (χ1v) is 10.0. The zero-order chi connectivity index (χ0) is 16.4. The highest BCUT2D eigenvalue weighted by Crippen LogP contribution is 2.19. The molecule has 2 atom stereocenters. The Balaban J connectivity index is 2.17. The van der Waals surface area contributed by atoms with Crippen molar-refractivity contribution in [3.05, 3.63) is 0 Å². The molecule has 0 saturated heterocycles. The molecule has 2 unspecified atom stereocenters. The largest absolute Gasteiger partial charge is 0.444 e. The standard InChI is InChI=1S/C17H34N2O2S/c1-17(2,3)21-16(20)19-15-10-8-9-14(13-15)18-11-6-5-7-12-22-4/h14-15,18H,5-13H2,1-4H3,(H,19,20). The van der Waals surface area contributed by atoms with Gasteiger partial charge in [0.2, 0.25) is 0 Å². The fourth-order valence-corrected chi connectivity index (χ4v) is 3.33. The maximum atomic E-state index is 11.8. The van der Waals surface area contributed by atoms with Gasteiger partial charge in [0.25, 0.3) is 0 Å². The lowest BCUT2D eigenvalue weighted by Crippen LogP contribution is -2.45. The molecule has 130 valence electrons. The van der Waals surface area contributed by atoms with Crippen molar-refractivity contribution in [3.8, 4) is 0 Å². The Labute approximate surface area is 140 Å². The highest BCUT2D eigenvalue weighted by molar-refractivity contribution is 7.98. The van der Waals surface area contributed by atoms with E-state index in [0.717, 1.165) is 19.4 Å². The smallest absolute Gasteiger partial charge is 0.407 e. The maximum absolute atomic E-state index is 11.8. The highest BCUT2D eigenvalue weighted by atomic mass is 32.2. The molecule has 0 heterocycles. The zero-order valence-corrected chi connectivity index (χ0v) is 15.6. The zero-order valence-electron chi connectivity index (χ0n) is 14.7. The van der Waals surface area contributed by atoms with Crippen molar-refractivity contribution in [3.63, 3.8) is 0 Å². The van der Waals surface area contributed by atoms with Gasteiger partial charge < -0.3 is 15.4 Å². The summed E-state index contributed by atoms with van der Waals surface area (Å²) in [4.78, 5) is 11.8. The van der Waals surface area contributed by atoms with Crippen molar-refractivity contribution < 1.29 is 9.53 Å². The number of hydrogen-bond donors (Lipinski definition) is 2. The van der Waals surface area contributed by atoms with Crippen LogP contribution in [0.3, 0.4) is 0 Å².